The van der Waals surface area contributed by atoms with E-state index in [-0.39, 0.29) is 25.0 Å². The maximum Gasteiger partial charge on any atom is 0.308 e. The molecule has 0 aliphatic carbocycles. The lowest BCUT2D eigenvalue weighted by Gasteiger charge is -2.18. The molecule has 1 fully saturated rings. The quantitative estimate of drug-likeness (QED) is 0.574. The molecule has 1 saturated heterocycles. The molecule has 2 aromatic carbocycles. The first-order chi connectivity index (χ1) is 13.5. The number of esters is 1. The lowest BCUT2D eigenvalue weighted by Crippen LogP contribution is -2.10. The summed E-state index contributed by atoms with van der Waals surface area (Å²) in [6.07, 6.45) is -0.139. The Balaban J connectivity index is 1.60. The summed E-state index contributed by atoms with van der Waals surface area (Å²) in [7, 11) is 1.56. The van der Waals surface area contributed by atoms with Gasteiger partial charge in [-0.1, -0.05) is 26.0 Å². The number of carbonyl (C=O) groups excluding carboxylic acids is 1. The fourth-order valence-electron chi connectivity index (χ4n) is 3.91. The average molecular weight is 384 g/mol. The van der Waals surface area contributed by atoms with Crippen molar-refractivity contribution in [2.45, 2.75) is 33.0 Å². The Morgan fingerprint density at radius 1 is 0.929 bits per heavy atom. The summed E-state index contributed by atoms with van der Waals surface area (Å²) in [5, 5.41) is 0. The Labute approximate surface area is 164 Å². The number of rotatable bonds is 4. The van der Waals surface area contributed by atoms with E-state index in [0.29, 0.717) is 23.3 Å². The molecule has 148 valence electrons. The Kier molecular flexibility index (Phi) is 4.89. The highest BCUT2D eigenvalue weighted by atomic mass is 16.7. The van der Waals surface area contributed by atoms with Crippen LogP contribution in [0.15, 0.2) is 36.4 Å². The van der Waals surface area contributed by atoms with Crippen LogP contribution in [0.3, 0.4) is 0 Å². The second-order valence-electron chi connectivity index (χ2n) is 7.31. The van der Waals surface area contributed by atoms with Crippen LogP contribution >= 0.6 is 0 Å². The molecule has 28 heavy (non-hydrogen) atoms. The summed E-state index contributed by atoms with van der Waals surface area (Å²) in [6.45, 7) is 6.01. The van der Waals surface area contributed by atoms with E-state index in [0.717, 1.165) is 22.6 Å². The minimum absolute atomic E-state index is 0.0476. The van der Waals surface area contributed by atoms with Gasteiger partial charge < -0.3 is 23.7 Å². The zero-order valence-corrected chi connectivity index (χ0v) is 16.4. The van der Waals surface area contributed by atoms with Crippen LogP contribution < -0.4 is 18.9 Å². The second kappa shape index (κ2) is 7.36. The van der Waals surface area contributed by atoms with Gasteiger partial charge in [0.1, 0.15) is 0 Å². The molecule has 0 N–H and O–H groups in total. The molecule has 0 bridgehead atoms. The van der Waals surface area contributed by atoms with Gasteiger partial charge in [-0.05, 0) is 47.2 Å². The van der Waals surface area contributed by atoms with Crippen molar-refractivity contribution in [1.29, 1.82) is 0 Å². The van der Waals surface area contributed by atoms with Crippen molar-refractivity contribution in [3.63, 3.8) is 0 Å². The van der Waals surface area contributed by atoms with Crippen molar-refractivity contribution in [2.24, 2.45) is 11.8 Å². The van der Waals surface area contributed by atoms with Crippen molar-refractivity contribution in [1.82, 2.24) is 0 Å². The van der Waals surface area contributed by atoms with Crippen LogP contribution in [0.5, 0.6) is 23.0 Å². The molecule has 4 atom stereocenters. The molecule has 4 rings (SSSR count). The summed E-state index contributed by atoms with van der Waals surface area (Å²) in [5.41, 5.74) is 2.07. The number of ether oxygens (including phenoxy) is 5. The van der Waals surface area contributed by atoms with Gasteiger partial charge in [-0.15, -0.1) is 0 Å². The van der Waals surface area contributed by atoms with Crippen molar-refractivity contribution >= 4 is 5.97 Å². The van der Waals surface area contributed by atoms with Crippen LogP contribution in [0, 0.1) is 11.8 Å². The number of methoxy groups -OCH3 is 1. The van der Waals surface area contributed by atoms with Gasteiger partial charge in [0.05, 0.1) is 19.3 Å². The van der Waals surface area contributed by atoms with Gasteiger partial charge in [-0.25, -0.2) is 0 Å². The molecule has 2 aliphatic rings. The SMILES string of the molecule is COc1cc(C2OC(c3ccc4c(c3)OCO4)C(C)C2C)ccc1OC(C)=O. The molecule has 0 radical (unpaired) electrons. The molecule has 0 amide bonds. The van der Waals surface area contributed by atoms with Gasteiger partial charge in [0.25, 0.3) is 0 Å². The minimum atomic E-state index is -0.381. The zero-order valence-electron chi connectivity index (χ0n) is 16.4. The van der Waals surface area contributed by atoms with E-state index in [1.165, 1.54) is 6.92 Å². The topological polar surface area (TPSA) is 63.2 Å². The first-order valence-electron chi connectivity index (χ1n) is 9.39. The zero-order chi connectivity index (χ0) is 19.8. The monoisotopic (exact) mass is 384 g/mol. The van der Waals surface area contributed by atoms with E-state index in [1.54, 1.807) is 13.2 Å². The predicted octanol–water partition coefficient (Wildman–Crippen LogP) is 4.43. The molecule has 0 aromatic heterocycles. The number of fused-ring (bicyclic) bond motifs is 1. The van der Waals surface area contributed by atoms with E-state index in [9.17, 15) is 4.79 Å². The Hall–Kier alpha value is -2.73. The van der Waals surface area contributed by atoms with Crippen LogP contribution in [-0.2, 0) is 9.53 Å². The van der Waals surface area contributed by atoms with Crippen molar-refractivity contribution in [3.8, 4) is 23.0 Å². The Morgan fingerprint density at radius 3 is 2.25 bits per heavy atom. The third-order valence-corrected chi connectivity index (χ3v) is 5.57. The van der Waals surface area contributed by atoms with Gasteiger partial charge >= 0.3 is 5.97 Å². The molecule has 0 saturated carbocycles. The van der Waals surface area contributed by atoms with E-state index in [1.807, 2.05) is 30.3 Å². The molecular weight excluding hydrogens is 360 g/mol. The normalized spacial score (nSPS) is 25.6. The fraction of sp³-hybridized carbons (Fsp3) is 0.409. The number of hydrogen-bond acceptors (Lipinski definition) is 6. The van der Waals surface area contributed by atoms with Crippen molar-refractivity contribution in [2.75, 3.05) is 13.9 Å². The van der Waals surface area contributed by atoms with Crippen LogP contribution in [0.4, 0.5) is 0 Å². The molecule has 0 spiro atoms. The third kappa shape index (κ3) is 3.29. The summed E-state index contributed by atoms with van der Waals surface area (Å²) in [5.74, 6) is 2.67. The van der Waals surface area contributed by atoms with Crippen molar-refractivity contribution < 1.29 is 28.5 Å². The first kappa shape index (κ1) is 18.6. The lowest BCUT2D eigenvalue weighted by molar-refractivity contribution is -0.132. The summed E-state index contributed by atoms with van der Waals surface area (Å²) in [4.78, 5) is 11.3. The molecule has 6 nitrogen and oxygen atoms in total. The Morgan fingerprint density at radius 2 is 1.57 bits per heavy atom. The summed E-state index contributed by atoms with van der Waals surface area (Å²) >= 11 is 0. The van der Waals surface area contributed by atoms with E-state index in [2.05, 4.69) is 13.8 Å². The van der Waals surface area contributed by atoms with Gasteiger partial charge in [0.2, 0.25) is 6.79 Å². The summed E-state index contributed by atoms with van der Waals surface area (Å²) < 4.78 is 28.0. The maximum absolute atomic E-state index is 11.3. The Bertz CT molecular complexity index is 893. The van der Waals surface area contributed by atoms with Gasteiger partial charge in [-0.3, -0.25) is 4.79 Å². The predicted molar refractivity (Wildman–Crippen MR) is 102 cm³/mol. The average Bonchev–Trinajstić information content (AvgIpc) is 3.26. The van der Waals surface area contributed by atoms with Gasteiger partial charge in [0.15, 0.2) is 23.0 Å². The second-order valence-corrected chi connectivity index (χ2v) is 7.31. The van der Waals surface area contributed by atoms with E-state index < -0.39 is 0 Å². The highest BCUT2D eigenvalue weighted by molar-refractivity contribution is 5.70. The molecule has 2 aromatic rings. The van der Waals surface area contributed by atoms with E-state index in [4.69, 9.17) is 23.7 Å². The van der Waals surface area contributed by atoms with E-state index >= 15 is 0 Å². The lowest BCUT2D eigenvalue weighted by atomic mass is 9.85. The van der Waals surface area contributed by atoms with Crippen LogP contribution in [0.1, 0.15) is 44.1 Å². The van der Waals surface area contributed by atoms with Crippen LogP contribution in [0.25, 0.3) is 0 Å². The largest absolute Gasteiger partial charge is 0.493 e. The molecule has 6 heteroatoms. The molecule has 2 heterocycles. The number of hydrogen-bond donors (Lipinski definition) is 0. The fourth-order valence-corrected chi connectivity index (χ4v) is 3.91. The smallest absolute Gasteiger partial charge is 0.308 e. The molecular formula is C22H24O6. The van der Waals surface area contributed by atoms with Crippen molar-refractivity contribution in [3.05, 3.63) is 47.5 Å². The maximum atomic E-state index is 11.3. The van der Waals surface area contributed by atoms with Gasteiger partial charge in [-0.2, -0.15) is 0 Å². The highest BCUT2D eigenvalue weighted by Gasteiger charge is 2.41. The van der Waals surface area contributed by atoms with Gasteiger partial charge in [0, 0.05) is 6.92 Å². The first-order valence-corrected chi connectivity index (χ1v) is 9.39. The highest BCUT2D eigenvalue weighted by Crippen LogP contribution is 2.51. The molecule has 2 aliphatic heterocycles. The standard InChI is InChI=1S/C22H24O6/c1-12-13(2)22(16-5-7-17-20(10-16)26-11-25-17)28-21(12)15-6-8-18(27-14(3)23)19(9-15)24-4/h5-10,12-13,21-22H,11H2,1-4H3. The third-order valence-electron chi connectivity index (χ3n) is 5.57. The minimum Gasteiger partial charge on any atom is -0.493 e. The summed E-state index contributed by atoms with van der Waals surface area (Å²) in [6, 6.07) is 11.5. The molecule has 4 unspecified atom stereocenters. The number of benzene rings is 2. The number of carbonyl (C=O) groups is 1. The van der Waals surface area contributed by atoms with Crippen LogP contribution in [-0.4, -0.2) is 19.9 Å². The van der Waals surface area contributed by atoms with Crippen LogP contribution in [0.2, 0.25) is 0 Å².